The smallest absolute Gasteiger partial charge is 0.101 e. The quantitative estimate of drug-likeness (QED) is 0.144. The van der Waals surface area contributed by atoms with Crippen molar-refractivity contribution in [2.24, 2.45) is 0 Å². The lowest BCUT2D eigenvalue weighted by molar-refractivity contribution is 0.768. The van der Waals surface area contributed by atoms with Crippen LogP contribution in [0.15, 0.2) is 273 Å². The predicted octanol–water partition coefficient (Wildman–Crippen LogP) is 17.0. The number of anilines is 3. The zero-order valence-corrected chi connectivity index (χ0v) is 37.8. The van der Waals surface area contributed by atoms with Crippen molar-refractivity contribution < 1.29 is 0 Å². The maximum Gasteiger partial charge on any atom is 0.101 e. The molecule has 1 aliphatic rings. The Morgan fingerprint density at radius 1 is 0.348 bits per heavy atom. The number of nitrogens with zero attached hydrogens (tertiary/aromatic N) is 3. The van der Waals surface area contributed by atoms with Crippen LogP contribution in [0.2, 0.25) is 0 Å². The minimum atomic E-state index is -0.566. The van der Waals surface area contributed by atoms with E-state index in [1.54, 1.807) is 0 Å². The lowest BCUT2D eigenvalue weighted by Gasteiger charge is -2.34. The maximum atomic E-state index is 5.57. The van der Waals surface area contributed by atoms with Crippen LogP contribution in [0.4, 0.5) is 17.1 Å². The van der Waals surface area contributed by atoms with Crippen LogP contribution in [-0.4, -0.2) is 9.61 Å². The number of rotatable bonds is 9. The summed E-state index contributed by atoms with van der Waals surface area (Å²) in [5.74, 6) is 0. The van der Waals surface area contributed by atoms with Crippen molar-refractivity contribution in [3.8, 4) is 55.9 Å². The summed E-state index contributed by atoms with van der Waals surface area (Å²) >= 11 is 0. The molecule has 0 saturated heterocycles. The molecule has 324 valence electrons. The van der Waals surface area contributed by atoms with Gasteiger partial charge in [0.2, 0.25) is 0 Å². The predicted molar refractivity (Wildman–Crippen MR) is 286 cm³/mol. The van der Waals surface area contributed by atoms with Gasteiger partial charge in [-0.05, 0) is 74.8 Å². The Morgan fingerprint density at radius 2 is 0.855 bits per heavy atom. The first kappa shape index (κ1) is 40.2. The molecular weight excluding hydrogens is 835 g/mol. The minimum Gasteiger partial charge on any atom is -0.309 e. The summed E-state index contributed by atoms with van der Waals surface area (Å²) < 4.78 is 2.19. The number of aromatic nitrogens is 2. The van der Waals surface area contributed by atoms with Crippen LogP contribution in [0.5, 0.6) is 0 Å². The third-order valence-corrected chi connectivity index (χ3v) is 14.1. The zero-order valence-electron chi connectivity index (χ0n) is 37.8. The van der Waals surface area contributed by atoms with Crippen LogP contribution >= 0.6 is 0 Å². The van der Waals surface area contributed by atoms with E-state index in [1.807, 2.05) is 0 Å². The van der Waals surface area contributed by atoms with Gasteiger partial charge in [0.05, 0.1) is 28.0 Å². The van der Waals surface area contributed by atoms with E-state index in [1.165, 1.54) is 38.9 Å². The Labute approximate surface area is 402 Å². The Morgan fingerprint density at radius 3 is 1.52 bits per heavy atom. The molecule has 0 spiro atoms. The standard InChI is InChI=1S/C66H45N3/c1-7-24-46(25-8-1)50-32-21-37-53(44-50)68(60-43-23-41-58-63(60)55-38-19-20-40-57(55)66(58,51-33-15-5-16-34-51)52-35-17-6-18-36-52)59-42-22-39-54-56(59)45-61(47-26-9-2-10-27-47)69-65(54)62(48-28-11-3-12-29-48)64(67-69)49-30-13-4-14-31-49/h1-45H. The number of fused-ring (bicyclic) bond motifs is 6. The highest BCUT2D eigenvalue weighted by Gasteiger charge is 2.47. The minimum absolute atomic E-state index is 0.566. The molecule has 0 N–H and O–H groups in total. The number of benzene rings is 10. The van der Waals surface area contributed by atoms with Gasteiger partial charge in [-0.3, -0.25) is 0 Å². The Balaban J connectivity index is 1.17. The van der Waals surface area contributed by atoms with Crippen molar-refractivity contribution in [2.75, 3.05) is 4.90 Å². The van der Waals surface area contributed by atoms with E-state index >= 15 is 0 Å². The Bertz CT molecular complexity index is 3770. The highest BCUT2D eigenvalue weighted by molar-refractivity contribution is 6.14. The molecular formula is C66H45N3. The molecule has 10 aromatic carbocycles. The molecule has 3 nitrogen and oxygen atoms in total. The molecule has 0 atom stereocenters. The molecule has 69 heavy (non-hydrogen) atoms. The summed E-state index contributed by atoms with van der Waals surface area (Å²) in [6, 6.07) is 99.2. The van der Waals surface area contributed by atoms with Gasteiger partial charge in [0.25, 0.3) is 0 Å². The topological polar surface area (TPSA) is 20.5 Å². The van der Waals surface area contributed by atoms with Crippen LogP contribution in [0.25, 0.3) is 72.2 Å². The van der Waals surface area contributed by atoms with Gasteiger partial charge >= 0.3 is 0 Å². The average molecular weight is 880 g/mol. The SMILES string of the molecule is c1ccc(-c2cccc(N(c3cccc4c3-c3ccccc3C4(c3ccccc3)c3ccccc3)c3cccc4c3cc(-c3ccccc3)n3nc(-c5ccccc5)c(-c5ccccc5)c43)c2)cc1. The zero-order chi connectivity index (χ0) is 45.7. The van der Waals surface area contributed by atoms with Gasteiger partial charge in [-0.2, -0.15) is 5.10 Å². The van der Waals surface area contributed by atoms with E-state index in [0.717, 1.165) is 72.6 Å². The molecule has 13 rings (SSSR count). The Hall–Kier alpha value is -9.05. The maximum absolute atomic E-state index is 5.57. The van der Waals surface area contributed by atoms with Gasteiger partial charge in [0.15, 0.2) is 0 Å². The van der Waals surface area contributed by atoms with Crippen molar-refractivity contribution in [3.05, 3.63) is 295 Å². The molecule has 0 aliphatic heterocycles. The van der Waals surface area contributed by atoms with E-state index in [-0.39, 0.29) is 0 Å². The molecule has 12 aromatic rings. The third kappa shape index (κ3) is 6.47. The average Bonchev–Trinajstić information content (AvgIpc) is 3.99. The van der Waals surface area contributed by atoms with Crippen molar-refractivity contribution in [1.29, 1.82) is 0 Å². The second kappa shape index (κ2) is 16.7. The first-order valence-electron chi connectivity index (χ1n) is 23.7. The van der Waals surface area contributed by atoms with Gasteiger partial charge in [-0.15, -0.1) is 0 Å². The molecule has 0 fully saturated rings. The van der Waals surface area contributed by atoms with E-state index in [4.69, 9.17) is 5.10 Å². The lowest BCUT2D eigenvalue weighted by Crippen LogP contribution is -2.28. The molecule has 2 heterocycles. The molecule has 1 aliphatic carbocycles. The third-order valence-electron chi connectivity index (χ3n) is 14.1. The molecule has 3 heteroatoms. The second-order valence-electron chi connectivity index (χ2n) is 17.8. The number of hydrogen-bond acceptors (Lipinski definition) is 2. The van der Waals surface area contributed by atoms with Gasteiger partial charge < -0.3 is 4.90 Å². The summed E-state index contributed by atoms with van der Waals surface area (Å²) in [6.45, 7) is 0. The van der Waals surface area contributed by atoms with Crippen molar-refractivity contribution >= 4 is 33.4 Å². The van der Waals surface area contributed by atoms with E-state index in [0.29, 0.717) is 0 Å². The van der Waals surface area contributed by atoms with Crippen LogP contribution in [0, 0.1) is 0 Å². The normalized spacial score (nSPS) is 12.5. The molecule has 0 amide bonds. The fourth-order valence-electron chi connectivity index (χ4n) is 11.2. The molecule has 0 bridgehead atoms. The summed E-state index contributed by atoms with van der Waals surface area (Å²) in [7, 11) is 0. The van der Waals surface area contributed by atoms with Crippen LogP contribution < -0.4 is 4.90 Å². The molecule has 0 radical (unpaired) electrons. The lowest BCUT2D eigenvalue weighted by atomic mass is 9.68. The van der Waals surface area contributed by atoms with E-state index in [9.17, 15) is 0 Å². The van der Waals surface area contributed by atoms with Gasteiger partial charge in [-0.1, -0.05) is 243 Å². The summed E-state index contributed by atoms with van der Waals surface area (Å²) in [4.78, 5) is 2.53. The van der Waals surface area contributed by atoms with Crippen molar-refractivity contribution in [1.82, 2.24) is 9.61 Å². The second-order valence-corrected chi connectivity index (χ2v) is 17.8. The first-order valence-corrected chi connectivity index (χ1v) is 23.7. The fraction of sp³-hybridized carbons (Fsp3) is 0.0152. The number of hydrogen-bond donors (Lipinski definition) is 0. The van der Waals surface area contributed by atoms with E-state index in [2.05, 4.69) is 282 Å². The van der Waals surface area contributed by atoms with Crippen LogP contribution in [0.1, 0.15) is 22.3 Å². The summed E-state index contributed by atoms with van der Waals surface area (Å²) in [5.41, 5.74) is 19.8. The molecule has 2 aromatic heterocycles. The largest absolute Gasteiger partial charge is 0.309 e. The highest BCUT2D eigenvalue weighted by atomic mass is 15.2. The Kier molecular flexibility index (Phi) is 9.73. The molecule has 0 unspecified atom stereocenters. The van der Waals surface area contributed by atoms with Gasteiger partial charge in [0.1, 0.15) is 5.69 Å². The van der Waals surface area contributed by atoms with Crippen LogP contribution in [0.3, 0.4) is 0 Å². The molecule has 0 saturated carbocycles. The summed E-state index contributed by atoms with van der Waals surface area (Å²) in [6.07, 6.45) is 0. The first-order chi connectivity index (χ1) is 34.3. The highest BCUT2D eigenvalue weighted by Crippen LogP contribution is 2.60. The van der Waals surface area contributed by atoms with Crippen LogP contribution in [-0.2, 0) is 5.41 Å². The van der Waals surface area contributed by atoms with Crippen molar-refractivity contribution in [3.63, 3.8) is 0 Å². The number of pyridine rings is 1. The van der Waals surface area contributed by atoms with Crippen molar-refractivity contribution in [2.45, 2.75) is 5.41 Å². The van der Waals surface area contributed by atoms with Gasteiger partial charge in [-0.25, -0.2) is 4.52 Å². The van der Waals surface area contributed by atoms with E-state index < -0.39 is 5.41 Å². The summed E-state index contributed by atoms with van der Waals surface area (Å²) in [5, 5.41) is 7.80. The van der Waals surface area contributed by atoms with Gasteiger partial charge in [0, 0.05) is 38.7 Å². The fourth-order valence-corrected chi connectivity index (χ4v) is 11.2. The monoisotopic (exact) mass is 879 g/mol.